The Bertz CT molecular complexity index is 663. The van der Waals surface area contributed by atoms with E-state index in [4.69, 9.17) is 0 Å². The third-order valence-electron chi connectivity index (χ3n) is 2.79. The molecule has 2 aromatic carbocycles. The minimum Gasteiger partial charge on any atom is -0.320 e. The fourth-order valence-corrected chi connectivity index (χ4v) is 3.42. The van der Waals surface area contributed by atoms with E-state index in [9.17, 15) is 9.18 Å². The molecule has 0 bridgehead atoms. The largest absolute Gasteiger partial charge is 0.320 e. The summed E-state index contributed by atoms with van der Waals surface area (Å²) in [4.78, 5) is 12.1. The number of halogens is 3. The van der Waals surface area contributed by atoms with Crippen LogP contribution in [0.5, 0.6) is 0 Å². The summed E-state index contributed by atoms with van der Waals surface area (Å²) in [5, 5.41) is 2.71. The number of carbonyl (C=O) groups is 1. The topological polar surface area (TPSA) is 29.1 Å². The first-order chi connectivity index (χ1) is 9.38. The zero-order valence-corrected chi connectivity index (χ0v) is 14.1. The molecule has 0 fully saturated rings. The first-order valence-electron chi connectivity index (χ1n) is 5.91. The number of benzene rings is 2. The number of amides is 1. The summed E-state index contributed by atoms with van der Waals surface area (Å²) in [7, 11) is 0. The predicted octanol–water partition coefficient (Wildman–Crippen LogP) is 5.22. The van der Waals surface area contributed by atoms with Gasteiger partial charge in [0.25, 0.3) is 5.91 Å². The Morgan fingerprint density at radius 3 is 2.20 bits per heavy atom. The standard InChI is InChI=1S/C15H12Br2FNO/c1-8-3-4-10(13(18)7-8)15(20)19-14-11(16)5-9(2)6-12(14)17/h3-7H,1-2H3,(H,19,20). The minimum atomic E-state index is -0.526. The molecule has 1 N–H and O–H groups in total. The first-order valence-corrected chi connectivity index (χ1v) is 7.50. The van der Waals surface area contributed by atoms with Crippen molar-refractivity contribution in [3.8, 4) is 0 Å². The third-order valence-corrected chi connectivity index (χ3v) is 4.05. The Labute approximate surface area is 133 Å². The minimum absolute atomic E-state index is 0.0231. The zero-order valence-electron chi connectivity index (χ0n) is 10.9. The molecule has 0 aliphatic carbocycles. The Hall–Kier alpha value is -1.20. The van der Waals surface area contributed by atoms with Crippen LogP contribution in [0.25, 0.3) is 0 Å². The molecule has 0 aliphatic heterocycles. The second-order valence-corrected chi connectivity index (χ2v) is 6.25. The van der Waals surface area contributed by atoms with Crippen LogP contribution in [0.2, 0.25) is 0 Å². The molecular weight excluding hydrogens is 389 g/mol. The molecule has 0 unspecified atom stereocenters. The van der Waals surface area contributed by atoms with Crippen molar-refractivity contribution in [3.63, 3.8) is 0 Å². The summed E-state index contributed by atoms with van der Waals surface area (Å²) >= 11 is 6.78. The van der Waals surface area contributed by atoms with Crippen molar-refractivity contribution in [1.29, 1.82) is 0 Å². The molecule has 0 atom stereocenters. The van der Waals surface area contributed by atoms with E-state index in [-0.39, 0.29) is 5.56 Å². The van der Waals surface area contributed by atoms with Crippen molar-refractivity contribution in [2.24, 2.45) is 0 Å². The van der Waals surface area contributed by atoms with Gasteiger partial charge in [-0.2, -0.15) is 0 Å². The number of carbonyl (C=O) groups excluding carboxylic acids is 1. The van der Waals surface area contributed by atoms with Gasteiger partial charge in [0.15, 0.2) is 0 Å². The monoisotopic (exact) mass is 399 g/mol. The number of rotatable bonds is 2. The van der Waals surface area contributed by atoms with Crippen molar-refractivity contribution in [2.75, 3.05) is 5.32 Å². The molecule has 1 amide bonds. The number of hydrogen-bond acceptors (Lipinski definition) is 1. The molecule has 0 aliphatic rings. The summed E-state index contributed by atoms with van der Waals surface area (Å²) in [6, 6.07) is 8.29. The van der Waals surface area contributed by atoms with E-state index in [1.807, 2.05) is 19.1 Å². The van der Waals surface area contributed by atoms with Gasteiger partial charge < -0.3 is 5.32 Å². The maximum Gasteiger partial charge on any atom is 0.258 e. The summed E-state index contributed by atoms with van der Waals surface area (Å²) in [5.74, 6) is -1.00. The van der Waals surface area contributed by atoms with E-state index >= 15 is 0 Å². The Morgan fingerprint density at radius 1 is 1.05 bits per heavy atom. The Morgan fingerprint density at radius 2 is 1.65 bits per heavy atom. The molecule has 0 radical (unpaired) electrons. The molecule has 0 heterocycles. The van der Waals surface area contributed by atoms with E-state index in [1.54, 1.807) is 13.0 Å². The molecule has 2 nitrogen and oxygen atoms in total. The van der Waals surface area contributed by atoms with Crippen LogP contribution in [-0.4, -0.2) is 5.91 Å². The number of anilines is 1. The second kappa shape index (κ2) is 6.06. The number of hydrogen-bond donors (Lipinski definition) is 1. The SMILES string of the molecule is Cc1ccc(C(=O)Nc2c(Br)cc(C)cc2Br)c(F)c1. The molecule has 104 valence electrons. The van der Waals surface area contributed by atoms with E-state index in [2.05, 4.69) is 37.2 Å². The van der Waals surface area contributed by atoms with Crippen molar-refractivity contribution in [3.05, 3.63) is 61.8 Å². The van der Waals surface area contributed by atoms with Gasteiger partial charge in [0.1, 0.15) is 5.82 Å². The average molecular weight is 401 g/mol. The van der Waals surface area contributed by atoms with Gasteiger partial charge in [-0.05, 0) is 81.1 Å². The lowest BCUT2D eigenvalue weighted by Crippen LogP contribution is -2.14. The fourth-order valence-electron chi connectivity index (χ4n) is 1.80. The molecule has 5 heteroatoms. The number of nitrogens with one attached hydrogen (secondary N) is 1. The van der Waals surface area contributed by atoms with E-state index < -0.39 is 11.7 Å². The molecule has 0 aromatic heterocycles. The van der Waals surface area contributed by atoms with Crippen LogP contribution in [-0.2, 0) is 0 Å². The molecule has 20 heavy (non-hydrogen) atoms. The van der Waals surface area contributed by atoms with Crippen LogP contribution < -0.4 is 5.32 Å². The average Bonchev–Trinajstić information content (AvgIpc) is 2.33. The predicted molar refractivity (Wildman–Crippen MR) is 85.7 cm³/mol. The van der Waals surface area contributed by atoms with Crippen LogP contribution >= 0.6 is 31.9 Å². The maximum atomic E-state index is 13.8. The van der Waals surface area contributed by atoms with Crippen molar-refractivity contribution in [2.45, 2.75) is 13.8 Å². The summed E-state index contributed by atoms with van der Waals surface area (Å²) in [6.07, 6.45) is 0. The van der Waals surface area contributed by atoms with Gasteiger partial charge in [-0.15, -0.1) is 0 Å². The highest BCUT2D eigenvalue weighted by Gasteiger charge is 2.15. The maximum absolute atomic E-state index is 13.8. The highest BCUT2D eigenvalue weighted by Crippen LogP contribution is 2.32. The fraction of sp³-hybridized carbons (Fsp3) is 0.133. The summed E-state index contributed by atoms with van der Waals surface area (Å²) < 4.78 is 15.3. The lowest BCUT2D eigenvalue weighted by molar-refractivity contribution is 0.102. The van der Waals surface area contributed by atoms with Gasteiger partial charge >= 0.3 is 0 Å². The van der Waals surface area contributed by atoms with Crippen LogP contribution in [0, 0.1) is 19.7 Å². The van der Waals surface area contributed by atoms with Gasteiger partial charge in [0.2, 0.25) is 0 Å². The zero-order chi connectivity index (χ0) is 14.9. The Kier molecular flexibility index (Phi) is 4.60. The molecule has 2 rings (SSSR count). The highest BCUT2D eigenvalue weighted by molar-refractivity contribution is 9.11. The second-order valence-electron chi connectivity index (χ2n) is 4.54. The van der Waals surface area contributed by atoms with Crippen LogP contribution in [0.1, 0.15) is 21.5 Å². The van der Waals surface area contributed by atoms with Gasteiger partial charge in [0.05, 0.1) is 11.3 Å². The summed E-state index contributed by atoms with van der Waals surface area (Å²) in [5.41, 5.74) is 2.43. The summed E-state index contributed by atoms with van der Waals surface area (Å²) in [6.45, 7) is 3.72. The molecular formula is C15H12Br2FNO. The van der Waals surface area contributed by atoms with Crippen molar-refractivity contribution >= 4 is 43.5 Å². The normalized spacial score (nSPS) is 10.4. The third kappa shape index (κ3) is 3.27. The lowest BCUT2D eigenvalue weighted by Gasteiger charge is -2.11. The molecule has 0 saturated carbocycles. The van der Waals surface area contributed by atoms with Crippen molar-refractivity contribution < 1.29 is 9.18 Å². The Balaban J connectivity index is 2.33. The van der Waals surface area contributed by atoms with Crippen LogP contribution in [0.3, 0.4) is 0 Å². The number of aryl methyl sites for hydroxylation is 2. The van der Waals surface area contributed by atoms with Crippen molar-refractivity contribution in [1.82, 2.24) is 0 Å². The van der Waals surface area contributed by atoms with Gasteiger partial charge in [-0.3, -0.25) is 4.79 Å². The van der Waals surface area contributed by atoms with Crippen LogP contribution in [0.4, 0.5) is 10.1 Å². The first kappa shape index (κ1) is 15.2. The van der Waals surface area contributed by atoms with Crippen LogP contribution in [0.15, 0.2) is 39.3 Å². The van der Waals surface area contributed by atoms with E-state index in [1.165, 1.54) is 12.1 Å². The van der Waals surface area contributed by atoms with E-state index in [0.717, 1.165) is 20.1 Å². The van der Waals surface area contributed by atoms with Gasteiger partial charge in [-0.1, -0.05) is 6.07 Å². The lowest BCUT2D eigenvalue weighted by atomic mass is 10.1. The highest BCUT2D eigenvalue weighted by atomic mass is 79.9. The molecule has 0 saturated heterocycles. The molecule has 2 aromatic rings. The van der Waals surface area contributed by atoms with Gasteiger partial charge in [0, 0.05) is 8.95 Å². The quantitative estimate of drug-likeness (QED) is 0.735. The van der Waals surface area contributed by atoms with E-state index in [0.29, 0.717) is 5.69 Å². The molecule has 0 spiro atoms. The smallest absolute Gasteiger partial charge is 0.258 e. The van der Waals surface area contributed by atoms with Gasteiger partial charge in [-0.25, -0.2) is 4.39 Å².